The highest BCUT2D eigenvalue weighted by Gasteiger charge is 2.12. The summed E-state index contributed by atoms with van der Waals surface area (Å²) in [7, 11) is -6.36. The molecule has 0 unspecified atom stereocenters. The third-order valence-corrected chi connectivity index (χ3v) is 7.84. The number of carbonyl (C=O) groups excluding carboxylic acids is 1. The largest absolute Gasteiger partial charge is 0.481 e. The van der Waals surface area contributed by atoms with Crippen LogP contribution >= 0.6 is 0 Å². The third-order valence-electron chi connectivity index (χ3n) is 4.33. The average Bonchev–Trinajstić information content (AvgIpc) is 2.75. The Morgan fingerprint density at radius 1 is 0.719 bits per heavy atom. The van der Waals surface area contributed by atoms with Gasteiger partial charge in [0.05, 0.1) is 40.7 Å². The Hall–Kier alpha value is -2.72. The van der Waals surface area contributed by atoms with Crippen LogP contribution in [0.2, 0.25) is 0 Å². The Bertz CT molecular complexity index is 1100. The molecule has 0 radical (unpaired) electrons. The average molecular weight is 485 g/mol. The van der Waals surface area contributed by atoms with Gasteiger partial charge < -0.3 is 9.84 Å². The number of sulfone groups is 2. The summed E-state index contributed by atoms with van der Waals surface area (Å²) in [5.41, 5.74) is 1.34. The molecule has 0 fully saturated rings. The van der Waals surface area contributed by atoms with Crippen LogP contribution in [0.4, 0.5) is 0 Å². The number of carboxylic acids is 1. The van der Waals surface area contributed by atoms with Crippen LogP contribution < -0.4 is 0 Å². The molecule has 0 bridgehead atoms. The SMILES string of the molecule is CCOC(=O)Cc1ccc(S(=O)(=O)CC)cc1.CCS(=O)(=O)c1ccc(CC(=O)O)cc1. The van der Waals surface area contributed by atoms with Crippen molar-refractivity contribution in [3.8, 4) is 0 Å². The number of ether oxygens (including phenoxy) is 1. The normalized spacial score (nSPS) is 11.2. The molecule has 2 aromatic rings. The predicted octanol–water partition coefficient (Wildman–Crippen LogP) is 2.69. The first kappa shape index (κ1) is 27.3. The second kappa shape index (κ2) is 12.4. The number of hydrogen-bond acceptors (Lipinski definition) is 7. The molecular formula is C22H28O8S2. The fourth-order valence-corrected chi connectivity index (χ4v) is 4.28. The van der Waals surface area contributed by atoms with E-state index in [9.17, 15) is 26.4 Å². The Balaban J connectivity index is 0.000000323. The van der Waals surface area contributed by atoms with E-state index in [2.05, 4.69) is 0 Å². The van der Waals surface area contributed by atoms with Crippen LogP contribution in [0.1, 0.15) is 31.9 Å². The minimum Gasteiger partial charge on any atom is -0.481 e. The molecule has 0 saturated heterocycles. The molecule has 0 spiro atoms. The van der Waals surface area contributed by atoms with Crippen LogP contribution in [0, 0.1) is 0 Å². The van der Waals surface area contributed by atoms with Gasteiger partial charge in [-0.1, -0.05) is 38.1 Å². The Labute approximate surface area is 189 Å². The molecule has 2 rings (SSSR count). The Kier molecular flexibility index (Phi) is 10.5. The zero-order valence-corrected chi connectivity index (χ0v) is 19.9. The molecule has 10 heteroatoms. The molecule has 0 aliphatic heterocycles. The molecule has 0 aromatic heterocycles. The molecule has 2 aromatic carbocycles. The third kappa shape index (κ3) is 8.80. The van der Waals surface area contributed by atoms with Gasteiger partial charge in [0.15, 0.2) is 19.7 Å². The van der Waals surface area contributed by atoms with Gasteiger partial charge in [0.1, 0.15) is 0 Å². The van der Waals surface area contributed by atoms with Crippen molar-refractivity contribution < 1.29 is 36.3 Å². The van der Waals surface area contributed by atoms with Crippen molar-refractivity contribution in [2.75, 3.05) is 18.1 Å². The molecule has 0 aliphatic rings. The first-order valence-electron chi connectivity index (χ1n) is 9.96. The number of esters is 1. The number of carbonyl (C=O) groups is 2. The second-order valence-corrected chi connectivity index (χ2v) is 11.2. The van der Waals surface area contributed by atoms with Gasteiger partial charge in [-0.2, -0.15) is 0 Å². The minimum absolute atomic E-state index is 0.0469. The Morgan fingerprint density at radius 2 is 1.09 bits per heavy atom. The van der Waals surface area contributed by atoms with Crippen LogP contribution in [0.25, 0.3) is 0 Å². The van der Waals surface area contributed by atoms with Crippen LogP contribution in [-0.4, -0.2) is 52.0 Å². The molecule has 8 nitrogen and oxygen atoms in total. The molecule has 176 valence electrons. The topological polar surface area (TPSA) is 132 Å². The lowest BCUT2D eigenvalue weighted by atomic mass is 10.1. The minimum atomic E-state index is -3.19. The number of hydrogen-bond donors (Lipinski definition) is 1. The summed E-state index contributed by atoms with van der Waals surface area (Å²) in [6.07, 6.45) is 0.0761. The summed E-state index contributed by atoms with van der Waals surface area (Å²) in [6, 6.07) is 12.3. The fourth-order valence-electron chi connectivity index (χ4n) is 2.52. The first-order valence-corrected chi connectivity index (χ1v) is 13.3. The van der Waals surface area contributed by atoms with Gasteiger partial charge in [-0.25, -0.2) is 16.8 Å². The van der Waals surface area contributed by atoms with Gasteiger partial charge in [-0.15, -0.1) is 0 Å². The summed E-state index contributed by atoms with van der Waals surface area (Å²) in [5, 5.41) is 8.52. The van der Waals surface area contributed by atoms with Gasteiger partial charge in [0.25, 0.3) is 0 Å². The molecule has 0 saturated carbocycles. The zero-order valence-electron chi connectivity index (χ0n) is 18.3. The van der Waals surface area contributed by atoms with E-state index in [1.165, 1.54) is 36.4 Å². The number of rotatable bonds is 9. The second-order valence-electron chi connectivity index (χ2n) is 6.65. The van der Waals surface area contributed by atoms with E-state index in [0.717, 1.165) is 5.56 Å². The van der Waals surface area contributed by atoms with Gasteiger partial charge >= 0.3 is 11.9 Å². The van der Waals surface area contributed by atoms with Gasteiger partial charge in [0.2, 0.25) is 0 Å². The summed E-state index contributed by atoms with van der Waals surface area (Å²) in [5.74, 6) is -1.12. The maximum atomic E-state index is 11.5. The van der Waals surface area contributed by atoms with Crippen molar-refractivity contribution in [2.45, 2.75) is 43.4 Å². The smallest absolute Gasteiger partial charge is 0.310 e. The molecule has 0 aliphatic carbocycles. The van der Waals surface area contributed by atoms with Crippen molar-refractivity contribution in [1.29, 1.82) is 0 Å². The van der Waals surface area contributed by atoms with Crippen molar-refractivity contribution in [1.82, 2.24) is 0 Å². The van der Waals surface area contributed by atoms with Crippen LogP contribution in [0.5, 0.6) is 0 Å². The monoisotopic (exact) mass is 484 g/mol. The lowest BCUT2D eigenvalue weighted by Gasteiger charge is -2.04. The van der Waals surface area contributed by atoms with E-state index in [-0.39, 0.29) is 40.1 Å². The van der Waals surface area contributed by atoms with Crippen LogP contribution in [0.15, 0.2) is 58.3 Å². The first-order chi connectivity index (χ1) is 14.9. The molecule has 0 atom stereocenters. The lowest BCUT2D eigenvalue weighted by Crippen LogP contribution is -2.08. The molecular weight excluding hydrogens is 456 g/mol. The van der Waals surface area contributed by atoms with Gasteiger partial charge in [0, 0.05) is 0 Å². The lowest BCUT2D eigenvalue weighted by molar-refractivity contribution is -0.142. The number of carboxylic acid groups (broad SMARTS) is 1. The van der Waals surface area contributed by atoms with Crippen LogP contribution in [0.3, 0.4) is 0 Å². The van der Waals surface area contributed by atoms with E-state index < -0.39 is 25.6 Å². The Morgan fingerprint density at radius 3 is 1.41 bits per heavy atom. The van der Waals surface area contributed by atoms with E-state index in [4.69, 9.17) is 9.84 Å². The van der Waals surface area contributed by atoms with Crippen molar-refractivity contribution in [2.24, 2.45) is 0 Å². The number of benzene rings is 2. The van der Waals surface area contributed by atoms with Gasteiger partial charge in [-0.3, -0.25) is 9.59 Å². The molecule has 0 amide bonds. The summed E-state index contributed by atoms with van der Waals surface area (Å²) in [6.45, 7) is 5.26. The maximum absolute atomic E-state index is 11.5. The van der Waals surface area contributed by atoms with Gasteiger partial charge in [-0.05, 0) is 42.3 Å². The molecule has 32 heavy (non-hydrogen) atoms. The van der Waals surface area contributed by atoms with E-state index in [1.54, 1.807) is 32.9 Å². The molecule has 0 heterocycles. The fraction of sp³-hybridized carbons (Fsp3) is 0.364. The van der Waals surface area contributed by atoms with Crippen molar-refractivity contribution in [3.05, 3.63) is 59.7 Å². The summed E-state index contributed by atoms with van der Waals surface area (Å²) < 4.78 is 50.7. The van der Waals surface area contributed by atoms with E-state index in [0.29, 0.717) is 12.2 Å². The highest BCUT2D eigenvalue weighted by atomic mass is 32.2. The summed E-state index contributed by atoms with van der Waals surface area (Å²) >= 11 is 0. The van der Waals surface area contributed by atoms with Crippen LogP contribution in [-0.2, 0) is 46.8 Å². The predicted molar refractivity (Wildman–Crippen MR) is 120 cm³/mol. The summed E-state index contributed by atoms with van der Waals surface area (Å²) in [4.78, 5) is 22.1. The van der Waals surface area contributed by atoms with E-state index in [1.807, 2.05) is 0 Å². The molecule has 1 N–H and O–H groups in total. The standard InChI is InChI=1S/C12H16O4S.C10H12O4S/c1-3-16-12(13)9-10-5-7-11(8-6-10)17(14,15)4-2;1-2-15(13,14)9-5-3-8(4-6-9)7-10(11)12/h5-8H,3-4,9H2,1-2H3;3-6H,2,7H2,1H3,(H,11,12). The zero-order chi connectivity index (χ0) is 24.4. The highest BCUT2D eigenvalue weighted by Crippen LogP contribution is 2.13. The maximum Gasteiger partial charge on any atom is 0.310 e. The van der Waals surface area contributed by atoms with Crippen molar-refractivity contribution >= 4 is 31.6 Å². The highest BCUT2D eigenvalue weighted by molar-refractivity contribution is 7.91. The van der Waals surface area contributed by atoms with E-state index >= 15 is 0 Å². The quantitative estimate of drug-likeness (QED) is 0.537. The van der Waals surface area contributed by atoms with Crippen molar-refractivity contribution in [3.63, 3.8) is 0 Å². The number of aliphatic carboxylic acids is 1.